The first-order valence-corrected chi connectivity index (χ1v) is 9.40. The van der Waals surface area contributed by atoms with Gasteiger partial charge in [-0.05, 0) is 38.1 Å². The number of carbonyl (C=O) groups excluding carboxylic acids is 1. The van der Waals surface area contributed by atoms with Crippen LogP contribution < -0.4 is 10.1 Å². The number of nitrogens with zero attached hydrogens (tertiary/aromatic N) is 3. The third-order valence-electron chi connectivity index (χ3n) is 5.34. The summed E-state index contributed by atoms with van der Waals surface area (Å²) in [6, 6.07) is 3.18. The van der Waals surface area contributed by atoms with Gasteiger partial charge in [0.25, 0.3) is 5.91 Å². The molecule has 1 saturated carbocycles. The highest BCUT2D eigenvalue weighted by Gasteiger charge is 2.47. The summed E-state index contributed by atoms with van der Waals surface area (Å²) < 4.78 is 11.1. The summed E-state index contributed by atoms with van der Waals surface area (Å²) in [5.41, 5.74) is 0. The van der Waals surface area contributed by atoms with E-state index in [0.717, 1.165) is 25.9 Å². The summed E-state index contributed by atoms with van der Waals surface area (Å²) >= 11 is 0. The summed E-state index contributed by atoms with van der Waals surface area (Å²) in [6.07, 6.45) is 8.71. The van der Waals surface area contributed by atoms with Crippen molar-refractivity contribution in [1.29, 1.82) is 0 Å². The molecule has 0 radical (unpaired) electrons. The van der Waals surface area contributed by atoms with E-state index in [1.54, 1.807) is 18.5 Å². The first kappa shape index (κ1) is 17.9. The standard InChI is InChI=1S/C19H24N4O4/c24-18-15(27-13-5-4-6-20-10-13)9-14(17(18)23-7-2-1-3-8-23)22-19(25)16-11-21-12-26-16/h4-6,10-12,14-15,17-18,24H,1-3,7-9H2,(H,22,25)/t14-,15-,17+,18+/m1/s1. The van der Waals surface area contributed by atoms with E-state index in [1.165, 1.54) is 19.0 Å². The fourth-order valence-electron chi connectivity index (χ4n) is 4.10. The maximum atomic E-state index is 12.5. The summed E-state index contributed by atoms with van der Waals surface area (Å²) in [5, 5.41) is 14.0. The second-order valence-electron chi connectivity index (χ2n) is 7.10. The van der Waals surface area contributed by atoms with E-state index in [0.29, 0.717) is 12.2 Å². The Kier molecular flexibility index (Phi) is 5.35. The van der Waals surface area contributed by atoms with Crippen LogP contribution in [0.25, 0.3) is 0 Å². The van der Waals surface area contributed by atoms with E-state index in [1.807, 2.05) is 6.07 Å². The number of hydrogen-bond acceptors (Lipinski definition) is 7. The van der Waals surface area contributed by atoms with Gasteiger partial charge in [-0.1, -0.05) is 6.42 Å². The second-order valence-corrected chi connectivity index (χ2v) is 7.10. The van der Waals surface area contributed by atoms with E-state index in [-0.39, 0.29) is 23.8 Å². The lowest BCUT2D eigenvalue weighted by Gasteiger charge is -2.37. The van der Waals surface area contributed by atoms with Gasteiger partial charge < -0.3 is 19.6 Å². The Morgan fingerprint density at radius 2 is 2.11 bits per heavy atom. The molecular weight excluding hydrogens is 348 g/mol. The van der Waals surface area contributed by atoms with E-state index >= 15 is 0 Å². The summed E-state index contributed by atoms with van der Waals surface area (Å²) in [5.74, 6) is 0.452. The number of pyridine rings is 1. The van der Waals surface area contributed by atoms with Crippen molar-refractivity contribution in [2.45, 2.75) is 50.0 Å². The summed E-state index contributed by atoms with van der Waals surface area (Å²) in [6.45, 7) is 1.83. The molecule has 8 nitrogen and oxygen atoms in total. The number of aliphatic hydroxyl groups excluding tert-OH is 1. The Morgan fingerprint density at radius 1 is 1.26 bits per heavy atom. The lowest BCUT2D eigenvalue weighted by atomic mass is 10.0. The Labute approximate surface area is 157 Å². The molecule has 0 unspecified atom stereocenters. The summed E-state index contributed by atoms with van der Waals surface area (Å²) in [4.78, 5) is 22.6. The first-order valence-electron chi connectivity index (χ1n) is 9.40. The van der Waals surface area contributed by atoms with E-state index in [9.17, 15) is 9.90 Å². The minimum Gasteiger partial charge on any atom is -0.486 e. The van der Waals surface area contributed by atoms with Crippen molar-refractivity contribution in [2.24, 2.45) is 0 Å². The van der Waals surface area contributed by atoms with Crippen LogP contribution in [-0.2, 0) is 0 Å². The number of likely N-dealkylation sites (tertiary alicyclic amines) is 1. The van der Waals surface area contributed by atoms with Crippen LogP contribution in [0.2, 0.25) is 0 Å². The molecule has 2 N–H and O–H groups in total. The van der Waals surface area contributed by atoms with Crippen LogP contribution in [0.5, 0.6) is 5.75 Å². The lowest BCUT2D eigenvalue weighted by Crippen LogP contribution is -2.54. The average molecular weight is 372 g/mol. The first-order chi connectivity index (χ1) is 13.2. The quantitative estimate of drug-likeness (QED) is 0.814. The van der Waals surface area contributed by atoms with E-state index < -0.39 is 12.2 Å². The smallest absolute Gasteiger partial charge is 0.288 e. The molecule has 0 aromatic carbocycles. The molecular formula is C19H24N4O4. The highest BCUT2D eigenvalue weighted by Crippen LogP contribution is 2.31. The molecule has 2 aromatic heterocycles. The SMILES string of the molecule is O=C(N[C@@H]1C[C@@H](Oc2cccnc2)[C@H](O)[C@H]1N1CCCCC1)c1cnco1. The topological polar surface area (TPSA) is 101 Å². The number of ether oxygens (including phenoxy) is 1. The number of aromatic nitrogens is 2. The van der Waals surface area contributed by atoms with E-state index in [4.69, 9.17) is 9.15 Å². The highest BCUT2D eigenvalue weighted by molar-refractivity contribution is 5.91. The number of amides is 1. The van der Waals surface area contributed by atoms with Crippen LogP contribution in [0.15, 0.2) is 41.5 Å². The maximum Gasteiger partial charge on any atom is 0.288 e. The van der Waals surface area contributed by atoms with Crippen LogP contribution in [0.4, 0.5) is 0 Å². The van der Waals surface area contributed by atoms with Crippen molar-refractivity contribution in [3.8, 4) is 5.75 Å². The van der Waals surface area contributed by atoms with Gasteiger partial charge >= 0.3 is 0 Å². The van der Waals surface area contributed by atoms with Crippen molar-refractivity contribution < 1.29 is 19.1 Å². The van der Waals surface area contributed by atoms with Crippen molar-refractivity contribution in [1.82, 2.24) is 20.2 Å². The fraction of sp³-hybridized carbons (Fsp3) is 0.526. The molecule has 1 saturated heterocycles. The molecule has 1 aliphatic heterocycles. The van der Waals surface area contributed by atoms with Crippen molar-refractivity contribution in [2.75, 3.05) is 13.1 Å². The zero-order chi connectivity index (χ0) is 18.6. The van der Waals surface area contributed by atoms with Gasteiger partial charge in [0.1, 0.15) is 18.0 Å². The second kappa shape index (κ2) is 8.06. The van der Waals surface area contributed by atoms with Crippen molar-refractivity contribution in [3.05, 3.63) is 42.9 Å². The monoisotopic (exact) mass is 372 g/mol. The Bertz CT molecular complexity index is 733. The number of aliphatic hydroxyl groups is 1. The molecule has 2 fully saturated rings. The maximum absolute atomic E-state index is 12.5. The largest absolute Gasteiger partial charge is 0.486 e. The zero-order valence-electron chi connectivity index (χ0n) is 15.0. The van der Waals surface area contributed by atoms with Gasteiger partial charge in [-0.2, -0.15) is 0 Å². The molecule has 0 spiro atoms. The van der Waals surface area contributed by atoms with Gasteiger partial charge in [0.2, 0.25) is 5.76 Å². The van der Waals surface area contributed by atoms with Crippen molar-refractivity contribution in [3.63, 3.8) is 0 Å². The molecule has 27 heavy (non-hydrogen) atoms. The molecule has 0 bridgehead atoms. The molecule has 8 heteroatoms. The fourth-order valence-corrected chi connectivity index (χ4v) is 4.10. The number of hydrogen-bond donors (Lipinski definition) is 2. The minimum absolute atomic E-state index is 0.165. The zero-order valence-corrected chi connectivity index (χ0v) is 15.0. The third kappa shape index (κ3) is 3.96. The lowest BCUT2D eigenvalue weighted by molar-refractivity contribution is 0.00131. The van der Waals surface area contributed by atoms with Crippen LogP contribution in [-0.4, -0.2) is 63.3 Å². The number of nitrogens with one attached hydrogen (secondary N) is 1. The van der Waals surface area contributed by atoms with Gasteiger partial charge in [0.05, 0.1) is 24.5 Å². The van der Waals surface area contributed by atoms with Gasteiger partial charge in [0.15, 0.2) is 6.39 Å². The van der Waals surface area contributed by atoms with Gasteiger partial charge in [-0.3, -0.25) is 14.7 Å². The Balaban J connectivity index is 1.51. The average Bonchev–Trinajstić information content (AvgIpc) is 3.33. The molecule has 2 aromatic rings. The van der Waals surface area contributed by atoms with E-state index in [2.05, 4.69) is 20.2 Å². The predicted octanol–water partition coefficient (Wildman–Crippen LogP) is 1.23. The molecule has 4 atom stereocenters. The molecule has 1 amide bonds. The number of rotatable bonds is 5. The molecule has 144 valence electrons. The van der Waals surface area contributed by atoms with Crippen LogP contribution >= 0.6 is 0 Å². The minimum atomic E-state index is -0.705. The highest BCUT2D eigenvalue weighted by atomic mass is 16.5. The molecule has 2 aliphatic rings. The van der Waals surface area contributed by atoms with Gasteiger partial charge in [0, 0.05) is 12.6 Å². The van der Waals surface area contributed by atoms with Crippen LogP contribution in [0.3, 0.4) is 0 Å². The summed E-state index contributed by atoms with van der Waals surface area (Å²) in [7, 11) is 0. The van der Waals surface area contributed by atoms with Crippen LogP contribution in [0, 0.1) is 0 Å². The van der Waals surface area contributed by atoms with Crippen LogP contribution in [0.1, 0.15) is 36.2 Å². The molecule has 3 heterocycles. The van der Waals surface area contributed by atoms with Crippen molar-refractivity contribution >= 4 is 5.91 Å². The Hall–Kier alpha value is -2.45. The number of oxazole rings is 1. The van der Waals surface area contributed by atoms with Gasteiger partial charge in [-0.25, -0.2) is 4.98 Å². The molecule has 1 aliphatic carbocycles. The molecule has 4 rings (SSSR count). The van der Waals surface area contributed by atoms with Gasteiger partial charge in [-0.15, -0.1) is 0 Å². The predicted molar refractivity (Wildman–Crippen MR) is 96.2 cm³/mol. The number of carbonyl (C=O) groups is 1. The Morgan fingerprint density at radius 3 is 2.81 bits per heavy atom. The third-order valence-corrected chi connectivity index (χ3v) is 5.34. The normalized spacial score (nSPS) is 28.8. The number of piperidine rings is 1.